The molecule has 0 fully saturated rings. The van der Waals surface area contributed by atoms with E-state index in [1.165, 1.54) is 18.4 Å². The molecule has 1 aromatic heterocycles. The Hall–Kier alpha value is -1.78. The fraction of sp³-hybridized carbons (Fsp3) is 0.182. The Balaban J connectivity index is 2.33. The van der Waals surface area contributed by atoms with Crippen LogP contribution in [0.1, 0.15) is 11.3 Å². The van der Waals surface area contributed by atoms with Gasteiger partial charge in [-0.15, -0.1) is 0 Å². The summed E-state index contributed by atoms with van der Waals surface area (Å²) in [6.45, 7) is 1.75. The van der Waals surface area contributed by atoms with Crippen LogP contribution in [0.5, 0.6) is 0 Å². The van der Waals surface area contributed by atoms with E-state index >= 15 is 0 Å². The summed E-state index contributed by atoms with van der Waals surface area (Å²) in [5.41, 5.74) is 0.538. The first-order chi connectivity index (χ1) is 7.47. The first kappa shape index (κ1) is 10.7. The topological polar surface area (TPSA) is 26.0 Å². The highest BCUT2D eigenvalue weighted by molar-refractivity contribution is 5.53. The van der Waals surface area contributed by atoms with Crippen molar-refractivity contribution in [3.63, 3.8) is 0 Å². The first-order valence-corrected chi connectivity index (χ1v) is 4.56. The molecule has 2 nitrogen and oxygen atoms in total. The van der Waals surface area contributed by atoms with Gasteiger partial charge in [-0.1, -0.05) is 0 Å². The van der Waals surface area contributed by atoms with E-state index in [0.717, 1.165) is 12.1 Å². The predicted molar refractivity (Wildman–Crippen MR) is 51.7 cm³/mol. The Morgan fingerprint density at radius 1 is 1.12 bits per heavy atom. The number of nitrogens with zero attached hydrogens (tertiary/aromatic N) is 1. The highest BCUT2D eigenvalue weighted by atomic mass is 19.4. The molecule has 1 aromatic carbocycles. The molecular weight excluding hydrogens is 219 g/mol. The average Bonchev–Trinajstić information content (AvgIpc) is 2.64. The van der Waals surface area contributed by atoms with Crippen LogP contribution < -0.4 is 0 Å². The second kappa shape index (κ2) is 3.66. The number of aromatic nitrogens is 1. The smallest absolute Gasteiger partial charge is 0.416 e. The van der Waals surface area contributed by atoms with Crippen LogP contribution in [-0.4, -0.2) is 4.98 Å². The molecule has 0 aliphatic heterocycles. The second-order valence-electron chi connectivity index (χ2n) is 3.37. The lowest BCUT2D eigenvalue weighted by Gasteiger charge is -2.05. The van der Waals surface area contributed by atoms with Crippen LogP contribution in [0.3, 0.4) is 0 Å². The summed E-state index contributed by atoms with van der Waals surface area (Å²) < 4.78 is 41.9. The maximum atomic E-state index is 12.3. The lowest BCUT2D eigenvalue weighted by molar-refractivity contribution is -0.137. The Morgan fingerprint density at radius 3 is 2.19 bits per heavy atom. The van der Waals surface area contributed by atoms with Crippen molar-refractivity contribution in [2.75, 3.05) is 0 Å². The fourth-order valence-electron chi connectivity index (χ4n) is 1.29. The summed E-state index contributed by atoms with van der Waals surface area (Å²) in [6.07, 6.45) is -2.86. The van der Waals surface area contributed by atoms with Gasteiger partial charge in [-0.2, -0.15) is 13.2 Å². The van der Waals surface area contributed by atoms with Gasteiger partial charge >= 0.3 is 6.18 Å². The summed E-state index contributed by atoms with van der Waals surface area (Å²) in [7, 11) is 0. The van der Waals surface area contributed by atoms with Crippen molar-refractivity contribution in [2.45, 2.75) is 13.1 Å². The van der Waals surface area contributed by atoms with E-state index in [4.69, 9.17) is 4.42 Å². The lowest BCUT2D eigenvalue weighted by atomic mass is 10.1. The molecular formula is C11H8F3NO. The monoisotopic (exact) mass is 227 g/mol. The van der Waals surface area contributed by atoms with Gasteiger partial charge in [0, 0.05) is 5.56 Å². The van der Waals surface area contributed by atoms with Gasteiger partial charge in [0.1, 0.15) is 6.26 Å². The highest BCUT2D eigenvalue weighted by Gasteiger charge is 2.30. The number of alkyl halides is 3. The largest absolute Gasteiger partial charge is 0.444 e. The molecule has 0 unspecified atom stereocenters. The molecule has 2 rings (SSSR count). The van der Waals surface area contributed by atoms with Crippen molar-refractivity contribution in [1.29, 1.82) is 0 Å². The van der Waals surface area contributed by atoms with Crippen molar-refractivity contribution >= 4 is 0 Å². The summed E-state index contributed by atoms with van der Waals surface area (Å²) >= 11 is 0. The van der Waals surface area contributed by atoms with Crippen LogP contribution >= 0.6 is 0 Å². The molecule has 0 radical (unpaired) electrons. The lowest BCUT2D eigenvalue weighted by Crippen LogP contribution is -2.03. The van der Waals surface area contributed by atoms with Gasteiger partial charge in [-0.3, -0.25) is 0 Å². The molecule has 2 aromatic rings. The van der Waals surface area contributed by atoms with Crippen molar-refractivity contribution in [3.05, 3.63) is 41.8 Å². The molecule has 0 saturated carbocycles. The van der Waals surface area contributed by atoms with Crippen molar-refractivity contribution in [3.8, 4) is 11.5 Å². The van der Waals surface area contributed by atoms with Crippen molar-refractivity contribution in [1.82, 2.24) is 4.98 Å². The van der Waals surface area contributed by atoms with E-state index in [2.05, 4.69) is 4.98 Å². The third-order valence-electron chi connectivity index (χ3n) is 2.08. The minimum Gasteiger partial charge on any atom is -0.444 e. The normalized spacial score (nSPS) is 11.8. The second-order valence-corrected chi connectivity index (χ2v) is 3.37. The molecule has 1 heterocycles. The molecule has 0 N–H and O–H groups in total. The zero-order valence-electron chi connectivity index (χ0n) is 8.38. The number of hydrogen-bond acceptors (Lipinski definition) is 2. The van der Waals surface area contributed by atoms with Crippen LogP contribution in [0, 0.1) is 6.92 Å². The van der Waals surface area contributed by atoms with E-state index < -0.39 is 11.7 Å². The van der Waals surface area contributed by atoms with Gasteiger partial charge in [0.25, 0.3) is 0 Å². The molecule has 0 amide bonds. The van der Waals surface area contributed by atoms with Gasteiger partial charge in [0.15, 0.2) is 0 Å². The van der Waals surface area contributed by atoms with E-state index in [1.54, 1.807) is 6.92 Å². The summed E-state index contributed by atoms with van der Waals surface area (Å²) in [6, 6.07) is 4.70. The molecule has 0 spiro atoms. The van der Waals surface area contributed by atoms with Crippen LogP contribution in [-0.2, 0) is 6.18 Å². The molecule has 0 saturated heterocycles. The van der Waals surface area contributed by atoms with Crippen molar-refractivity contribution < 1.29 is 17.6 Å². The molecule has 0 aliphatic carbocycles. The number of aryl methyl sites for hydroxylation is 1. The van der Waals surface area contributed by atoms with Gasteiger partial charge in [-0.25, -0.2) is 4.98 Å². The molecule has 84 valence electrons. The molecule has 16 heavy (non-hydrogen) atoms. The zero-order valence-corrected chi connectivity index (χ0v) is 8.38. The third kappa shape index (κ3) is 2.08. The Bertz CT molecular complexity index is 485. The average molecular weight is 227 g/mol. The summed E-state index contributed by atoms with van der Waals surface area (Å²) in [4.78, 5) is 4.02. The minimum atomic E-state index is -4.31. The van der Waals surface area contributed by atoms with Gasteiger partial charge in [0.2, 0.25) is 5.89 Å². The number of oxazole rings is 1. The van der Waals surface area contributed by atoms with Crippen molar-refractivity contribution in [2.24, 2.45) is 0 Å². The third-order valence-corrected chi connectivity index (χ3v) is 2.08. The maximum Gasteiger partial charge on any atom is 0.416 e. The quantitative estimate of drug-likeness (QED) is 0.742. The number of rotatable bonds is 1. The van der Waals surface area contributed by atoms with E-state index in [-0.39, 0.29) is 0 Å². The molecule has 0 aliphatic rings. The predicted octanol–water partition coefficient (Wildman–Crippen LogP) is 3.67. The molecule has 0 bridgehead atoms. The van der Waals surface area contributed by atoms with E-state index in [9.17, 15) is 13.2 Å². The van der Waals surface area contributed by atoms with Gasteiger partial charge in [0.05, 0.1) is 11.3 Å². The molecule has 5 heteroatoms. The highest BCUT2D eigenvalue weighted by Crippen LogP contribution is 2.30. The Morgan fingerprint density at radius 2 is 1.75 bits per heavy atom. The van der Waals surface area contributed by atoms with Gasteiger partial charge < -0.3 is 4.42 Å². The SMILES string of the molecule is Cc1coc(-c2ccc(C(F)(F)F)cc2)n1. The van der Waals surface area contributed by atoms with Crippen LogP contribution in [0.25, 0.3) is 11.5 Å². The van der Waals surface area contributed by atoms with Crippen LogP contribution in [0.2, 0.25) is 0 Å². The molecule has 0 atom stereocenters. The summed E-state index contributed by atoms with van der Waals surface area (Å²) in [5, 5.41) is 0. The first-order valence-electron chi connectivity index (χ1n) is 4.56. The Labute approximate surface area is 89.7 Å². The van der Waals surface area contributed by atoms with Crippen LogP contribution in [0.4, 0.5) is 13.2 Å². The maximum absolute atomic E-state index is 12.3. The number of benzene rings is 1. The van der Waals surface area contributed by atoms with E-state index in [1.807, 2.05) is 0 Å². The zero-order chi connectivity index (χ0) is 11.8. The summed E-state index contributed by atoms with van der Waals surface area (Å²) in [5.74, 6) is 0.325. The van der Waals surface area contributed by atoms with Crippen LogP contribution in [0.15, 0.2) is 34.9 Å². The standard InChI is InChI=1S/C11H8F3NO/c1-7-6-16-10(15-7)8-2-4-9(5-3-8)11(12,13)14/h2-6H,1H3. The number of halogens is 3. The van der Waals surface area contributed by atoms with Gasteiger partial charge in [-0.05, 0) is 31.2 Å². The fourth-order valence-corrected chi connectivity index (χ4v) is 1.29. The number of hydrogen-bond donors (Lipinski definition) is 0. The Kier molecular flexibility index (Phi) is 2.46. The minimum absolute atomic E-state index is 0.325. The van der Waals surface area contributed by atoms with E-state index in [0.29, 0.717) is 17.1 Å².